The molecule has 2 aromatic rings. The summed E-state index contributed by atoms with van der Waals surface area (Å²) >= 11 is 2.21. The van der Waals surface area contributed by atoms with Crippen LogP contribution in [0.4, 0.5) is 15.8 Å². The van der Waals surface area contributed by atoms with E-state index in [0.29, 0.717) is 5.69 Å². The molecule has 0 heterocycles. The van der Waals surface area contributed by atoms with Crippen molar-refractivity contribution in [2.45, 2.75) is 13.0 Å². The first-order chi connectivity index (χ1) is 9.47. The summed E-state index contributed by atoms with van der Waals surface area (Å²) in [5.74, 6) is -0.621. The van der Waals surface area contributed by atoms with Crippen molar-refractivity contribution in [2.75, 3.05) is 5.32 Å². The first-order valence-electron chi connectivity index (χ1n) is 5.93. The lowest BCUT2D eigenvalue weighted by molar-refractivity contribution is -0.384. The maximum Gasteiger partial charge on any atom is 0.295 e. The number of nitro groups is 1. The molecule has 2 rings (SSSR count). The van der Waals surface area contributed by atoms with Gasteiger partial charge in [0.25, 0.3) is 5.69 Å². The van der Waals surface area contributed by atoms with Crippen LogP contribution in [0.5, 0.6) is 0 Å². The van der Waals surface area contributed by atoms with Crippen LogP contribution in [-0.4, -0.2) is 4.92 Å². The Labute approximate surface area is 129 Å². The molecule has 0 saturated carbocycles. The van der Waals surface area contributed by atoms with Gasteiger partial charge >= 0.3 is 0 Å². The van der Waals surface area contributed by atoms with E-state index in [2.05, 4.69) is 27.9 Å². The van der Waals surface area contributed by atoms with E-state index in [1.807, 2.05) is 31.2 Å². The minimum atomic E-state index is -0.621. The quantitative estimate of drug-likeness (QED) is 0.478. The fraction of sp³-hybridized carbons (Fsp3) is 0.143. The van der Waals surface area contributed by atoms with E-state index >= 15 is 0 Å². The van der Waals surface area contributed by atoms with E-state index in [4.69, 9.17) is 0 Å². The molecule has 0 radical (unpaired) electrons. The van der Waals surface area contributed by atoms with Crippen molar-refractivity contribution in [3.05, 3.63) is 67.5 Å². The lowest BCUT2D eigenvalue weighted by Gasteiger charge is -2.15. The molecule has 0 aromatic heterocycles. The molecule has 0 aliphatic rings. The van der Waals surface area contributed by atoms with E-state index in [1.54, 1.807) is 0 Å². The first kappa shape index (κ1) is 14.7. The predicted octanol–water partition coefficient (Wildman–Crippen LogP) is 4.51. The second-order valence-electron chi connectivity index (χ2n) is 4.34. The third-order valence-corrected chi connectivity index (χ3v) is 3.62. The summed E-state index contributed by atoms with van der Waals surface area (Å²) in [6, 6.07) is 11.2. The third-order valence-electron chi connectivity index (χ3n) is 2.90. The molecule has 1 N–H and O–H groups in total. The van der Waals surface area contributed by atoms with Crippen molar-refractivity contribution in [3.63, 3.8) is 0 Å². The molecule has 0 aliphatic carbocycles. The predicted molar refractivity (Wildman–Crippen MR) is 84.3 cm³/mol. The SMILES string of the molecule is CC(Nc1ccc(F)cc1[N+](=O)[O-])c1ccc(I)cc1. The lowest BCUT2D eigenvalue weighted by Crippen LogP contribution is -2.08. The number of nitrogens with one attached hydrogen (secondary N) is 1. The van der Waals surface area contributed by atoms with Crippen LogP contribution in [0.25, 0.3) is 0 Å². The van der Waals surface area contributed by atoms with Gasteiger partial charge in [0.05, 0.1) is 11.0 Å². The van der Waals surface area contributed by atoms with E-state index in [-0.39, 0.29) is 11.7 Å². The zero-order chi connectivity index (χ0) is 14.7. The normalized spacial score (nSPS) is 11.9. The molecule has 0 aliphatic heterocycles. The van der Waals surface area contributed by atoms with Gasteiger partial charge in [0, 0.05) is 9.61 Å². The van der Waals surface area contributed by atoms with Gasteiger partial charge in [0.2, 0.25) is 0 Å². The van der Waals surface area contributed by atoms with E-state index in [1.165, 1.54) is 12.1 Å². The molecule has 0 amide bonds. The molecule has 0 bridgehead atoms. The number of hydrogen-bond donors (Lipinski definition) is 1. The Hall–Kier alpha value is -1.70. The molecule has 104 valence electrons. The van der Waals surface area contributed by atoms with Gasteiger partial charge < -0.3 is 5.32 Å². The molecule has 4 nitrogen and oxygen atoms in total. The van der Waals surface area contributed by atoms with E-state index in [0.717, 1.165) is 15.2 Å². The van der Waals surface area contributed by atoms with E-state index in [9.17, 15) is 14.5 Å². The highest BCUT2D eigenvalue weighted by Gasteiger charge is 2.17. The molecule has 0 fully saturated rings. The van der Waals surface area contributed by atoms with Crippen LogP contribution in [0.1, 0.15) is 18.5 Å². The van der Waals surface area contributed by atoms with Gasteiger partial charge in [-0.15, -0.1) is 0 Å². The summed E-state index contributed by atoms with van der Waals surface area (Å²) < 4.78 is 14.2. The molecular weight excluding hydrogens is 374 g/mol. The lowest BCUT2D eigenvalue weighted by atomic mass is 10.1. The molecule has 0 spiro atoms. The maximum absolute atomic E-state index is 13.1. The molecule has 0 saturated heterocycles. The Morgan fingerprint density at radius 3 is 2.50 bits per heavy atom. The highest BCUT2D eigenvalue weighted by atomic mass is 127. The summed E-state index contributed by atoms with van der Waals surface area (Å²) in [7, 11) is 0. The number of benzene rings is 2. The van der Waals surface area contributed by atoms with Crippen molar-refractivity contribution >= 4 is 34.0 Å². The van der Waals surface area contributed by atoms with Crippen molar-refractivity contribution < 1.29 is 9.31 Å². The number of hydrogen-bond acceptors (Lipinski definition) is 3. The second-order valence-corrected chi connectivity index (χ2v) is 5.58. The Kier molecular flexibility index (Phi) is 4.53. The monoisotopic (exact) mass is 386 g/mol. The van der Waals surface area contributed by atoms with Crippen LogP contribution in [0, 0.1) is 19.5 Å². The molecule has 1 atom stereocenters. The van der Waals surface area contributed by atoms with E-state index < -0.39 is 10.7 Å². The Balaban J connectivity index is 2.25. The highest BCUT2D eigenvalue weighted by molar-refractivity contribution is 14.1. The van der Waals surface area contributed by atoms with Crippen LogP contribution < -0.4 is 5.32 Å². The van der Waals surface area contributed by atoms with Crippen molar-refractivity contribution in [1.29, 1.82) is 0 Å². The van der Waals surface area contributed by atoms with Crippen LogP contribution in [0.2, 0.25) is 0 Å². The highest BCUT2D eigenvalue weighted by Crippen LogP contribution is 2.28. The first-order valence-corrected chi connectivity index (χ1v) is 7.01. The minimum absolute atomic E-state index is 0.115. The zero-order valence-corrected chi connectivity index (χ0v) is 12.8. The van der Waals surface area contributed by atoms with Crippen molar-refractivity contribution in [3.8, 4) is 0 Å². The fourth-order valence-corrected chi connectivity index (χ4v) is 2.21. The molecule has 6 heteroatoms. The summed E-state index contributed by atoms with van der Waals surface area (Å²) in [4.78, 5) is 10.3. The fourth-order valence-electron chi connectivity index (χ4n) is 1.85. The largest absolute Gasteiger partial charge is 0.373 e. The molecule has 20 heavy (non-hydrogen) atoms. The maximum atomic E-state index is 13.1. The number of halogens is 2. The van der Waals surface area contributed by atoms with Crippen LogP contribution >= 0.6 is 22.6 Å². The van der Waals surface area contributed by atoms with Crippen LogP contribution in [0.15, 0.2) is 42.5 Å². The Bertz CT molecular complexity index is 632. The summed E-state index contributed by atoms with van der Waals surface area (Å²) in [6.45, 7) is 1.90. The zero-order valence-electron chi connectivity index (χ0n) is 10.6. The molecule has 1 unspecified atom stereocenters. The average molecular weight is 386 g/mol. The minimum Gasteiger partial charge on any atom is -0.373 e. The number of anilines is 1. The molecular formula is C14H12FIN2O2. The number of rotatable bonds is 4. The average Bonchev–Trinajstić information content (AvgIpc) is 2.41. The Morgan fingerprint density at radius 2 is 1.90 bits per heavy atom. The van der Waals surface area contributed by atoms with Gasteiger partial charge in [0.15, 0.2) is 0 Å². The second kappa shape index (κ2) is 6.17. The summed E-state index contributed by atoms with van der Waals surface area (Å²) in [5.41, 5.74) is 1.05. The van der Waals surface area contributed by atoms with Gasteiger partial charge in [-0.3, -0.25) is 10.1 Å². The molecule has 2 aromatic carbocycles. The topological polar surface area (TPSA) is 55.2 Å². The Morgan fingerprint density at radius 1 is 1.25 bits per heavy atom. The standard InChI is InChI=1S/C14H12FIN2O2/c1-9(10-2-5-12(16)6-3-10)17-13-7-4-11(15)8-14(13)18(19)20/h2-9,17H,1H3. The van der Waals surface area contributed by atoms with Crippen LogP contribution in [-0.2, 0) is 0 Å². The smallest absolute Gasteiger partial charge is 0.295 e. The van der Waals surface area contributed by atoms with Gasteiger partial charge in [0.1, 0.15) is 11.5 Å². The van der Waals surface area contributed by atoms with Crippen molar-refractivity contribution in [1.82, 2.24) is 0 Å². The summed E-state index contributed by atoms with van der Waals surface area (Å²) in [5, 5.41) is 14.0. The van der Waals surface area contributed by atoms with Gasteiger partial charge in [-0.2, -0.15) is 0 Å². The summed E-state index contributed by atoms with van der Waals surface area (Å²) in [6.07, 6.45) is 0. The van der Waals surface area contributed by atoms with Gasteiger partial charge in [-0.25, -0.2) is 4.39 Å². The van der Waals surface area contributed by atoms with Gasteiger partial charge in [-0.1, -0.05) is 12.1 Å². The number of nitro benzene ring substituents is 1. The third kappa shape index (κ3) is 3.44. The number of nitrogens with zero attached hydrogens (tertiary/aromatic N) is 1. The van der Waals surface area contributed by atoms with Crippen LogP contribution in [0.3, 0.4) is 0 Å². The van der Waals surface area contributed by atoms with Crippen molar-refractivity contribution in [2.24, 2.45) is 0 Å². The van der Waals surface area contributed by atoms with Gasteiger partial charge in [-0.05, 0) is 59.3 Å².